The first kappa shape index (κ1) is 13.5. The van der Waals surface area contributed by atoms with Crippen LogP contribution < -0.4 is 5.32 Å². The Balaban J connectivity index is 3.00. The highest BCUT2D eigenvalue weighted by Gasteiger charge is 2.38. The van der Waals surface area contributed by atoms with E-state index in [-0.39, 0.29) is 11.3 Å². The smallest absolute Gasteiger partial charge is 0.156 e. The van der Waals surface area contributed by atoms with Crippen molar-refractivity contribution >= 4 is 17.4 Å². The molecule has 1 aliphatic carbocycles. The fourth-order valence-corrected chi connectivity index (χ4v) is 2.32. The lowest BCUT2D eigenvalue weighted by molar-refractivity contribution is -0.124. The van der Waals surface area contributed by atoms with E-state index in [9.17, 15) is 4.79 Å². The Bertz CT molecular complexity index is 338. The summed E-state index contributed by atoms with van der Waals surface area (Å²) in [5, 5.41) is 4.11. The number of carbonyl (C=O) groups excluding carboxylic acids is 1. The zero-order valence-electron chi connectivity index (χ0n) is 10.4. The molecule has 0 fully saturated rings. The van der Waals surface area contributed by atoms with Gasteiger partial charge in [-0.1, -0.05) is 30.7 Å². The van der Waals surface area contributed by atoms with E-state index in [4.69, 9.17) is 11.6 Å². The second-order valence-electron chi connectivity index (χ2n) is 5.27. The maximum Gasteiger partial charge on any atom is 0.156 e. The molecular formula is C13H20ClNO. The molecule has 1 atom stereocenters. The average molecular weight is 242 g/mol. The van der Waals surface area contributed by atoms with E-state index >= 15 is 0 Å². The first-order chi connectivity index (χ1) is 7.29. The number of hydrogen-bond donors (Lipinski definition) is 1. The van der Waals surface area contributed by atoms with Crippen molar-refractivity contribution in [3.05, 3.63) is 23.3 Å². The molecule has 0 aromatic heterocycles. The first-order valence-corrected chi connectivity index (χ1v) is 6.03. The maximum atomic E-state index is 12.1. The lowest BCUT2D eigenvalue weighted by atomic mass is 9.83. The first-order valence-electron chi connectivity index (χ1n) is 5.65. The summed E-state index contributed by atoms with van der Waals surface area (Å²) in [4.78, 5) is 12.1. The molecule has 16 heavy (non-hydrogen) atoms. The Labute approximate surface area is 103 Å². The molecule has 1 N–H and O–H groups in total. The van der Waals surface area contributed by atoms with Crippen molar-refractivity contribution in [2.45, 2.75) is 51.6 Å². The molecule has 1 aliphatic rings. The monoisotopic (exact) mass is 241 g/mol. The van der Waals surface area contributed by atoms with Crippen LogP contribution in [0.25, 0.3) is 0 Å². The minimum absolute atomic E-state index is 0.121. The third kappa shape index (κ3) is 3.19. The Kier molecular flexibility index (Phi) is 3.97. The van der Waals surface area contributed by atoms with Gasteiger partial charge in [0.05, 0.1) is 0 Å². The molecule has 0 saturated heterocycles. The van der Waals surface area contributed by atoms with E-state index in [1.54, 1.807) is 0 Å². The van der Waals surface area contributed by atoms with Crippen LogP contribution in [0.2, 0.25) is 0 Å². The third-order valence-electron chi connectivity index (χ3n) is 2.52. The van der Waals surface area contributed by atoms with E-state index in [1.165, 1.54) is 0 Å². The second-order valence-corrected chi connectivity index (χ2v) is 5.76. The second kappa shape index (κ2) is 4.72. The molecular weight excluding hydrogens is 222 g/mol. The predicted molar refractivity (Wildman–Crippen MR) is 68.6 cm³/mol. The fourth-order valence-electron chi connectivity index (χ4n) is 2.03. The van der Waals surface area contributed by atoms with Gasteiger partial charge in [-0.15, -0.1) is 0 Å². The molecule has 0 saturated carbocycles. The minimum atomic E-state index is -0.626. The number of Topliss-reactive ketones (excluding diaryl/α,β-unsaturated/α-hetero) is 1. The molecule has 1 rings (SSSR count). The number of carbonyl (C=O) groups is 1. The van der Waals surface area contributed by atoms with E-state index in [0.717, 1.165) is 5.03 Å². The Hall–Kier alpha value is -0.600. The summed E-state index contributed by atoms with van der Waals surface area (Å²) in [7, 11) is 0. The number of rotatable bonds is 3. The zero-order valence-corrected chi connectivity index (χ0v) is 11.2. The summed E-state index contributed by atoms with van der Waals surface area (Å²) in [5.74, 6) is 0.185. The molecule has 2 nitrogen and oxygen atoms in total. The van der Waals surface area contributed by atoms with Crippen LogP contribution in [0.3, 0.4) is 0 Å². The third-order valence-corrected chi connectivity index (χ3v) is 2.78. The normalized spacial score (nSPS) is 25.4. The van der Waals surface area contributed by atoms with Crippen LogP contribution in [-0.4, -0.2) is 16.9 Å². The summed E-state index contributed by atoms with van der Waals surface area (Å²) in [6.07, 6.45) is 6.69. The van der Waals surface area contributed by atoms with Crippen LogP contribution in [0.1, 0.15) is 40.5 Å². The van der Waals surface area contributed by atoms with Gasteiger partial charge in [0.15, 0.2) is 5.78 Å². The molecule has 0 radical (unpaired) electrons. The SMILES string of the molecule is CCC(=O)C1(NC(C)(C)C)C=CC=C(Cl)C1. The number of hydrogen-bond acceptors (Lipinski definition) is 2. The van der Waals surface area contributed by atoms with Crippen LogP contribution in [0.15, 0.2) is 23.3 Å². The highest BCUT2D eigenvalue weighted by molar-refractivity contribution is 6.30. The minimum Gasteiger partial charge on any atom is -0.297 e. The van der Waals surface area contributed by atoms with Gasteiger partial charge in [-0.3, -0.25) is 10.1 Å². The van der Waals surface area contributed by atoms with Crippen LogP contribution in [-0.2, 0) is 4.79 Å². The van der Waals surface area contributed by atoms with Gasteiger partial charge in [0.1, 0.15) is 5.54 Å². The number of ketones is 1. The highest BCUT2D eigenvalue weighted by Crippen LogP contribution is 2.29. The Morgan fingerprint density at radius 2 is 2.19 bits per heavy atom. The molecule has 90 valence electrons. The Morgan fingerprint density at radius 1 is 1.56 bits per heavy atom. The van der Waals surface area contributed by atoms with Gasteiger partial charge < -0.3 is 0 Å². The fraction of sp³-hybridized carbons (Fsp3) is 0.615. The molecule has 0 aromatic carbocycles. The van der Waals surface area contributed by atoms with Crippen LogP contribution in [0.5, 0.6) is 0 Å². The predicted octanol–water partition coefficient (Wildman–Crippen LogP) is 3.18. The largest absolute Gasteiger partial charge is 0.297 e. The lowest BCUT2D eigenvalue weighted by Crippen LogP contribution is -2.58. The summed E-state index contributed by atoms with van der Waals surface area (Å²) >= 11 is 6.05. The van der Waals surface area contributed by atoms with Crippen molar-refractivity contribution in [2.24, 2.45) is 0 Å². The molecule has 0 amide bonds. The van der Waals surface area contributed by atoms with E-state index in [0.29, 0.717) is 12.8 Å². The van der Waals surface area contributed by atoms with Gasteiger partial charge in [0, 0.05) is 23.4 Å². The molecule has 3 heteroatoms. The van der Waals surface area contributed by atoms with E-state index < -0.39 is 5.54 Å². The van der Waals surface area contributed by atoms with Crippen LogP contribution in [0, 0.1) is 0 Å². The van der Waals surface area contributed by atoms with Gasteiger partial charge in [0.25, 0.3) is 0 Å². The zero-order chi connectivity index (χ0) is 12.4. The number of halogens is 1. The van der Waals surface area contributed by atoms with Crippen LogP contribution >= 0.6 is 11.6 Å². The molecule has 0 spiro atoms. The van der Waals surface area contributed by atoms with Gasteiger partial charge in [0.2, 0.25) is 0 Å². The average Bonchev–Trinajstić information content (AvgIpc) is 2.13. The van der Waals surface area contributed by atoms with E-state index in [1.807, 2.05) is 25.2 Å². The Morgan fingerprint density at radius 3 is 2.62 bits per heavy atom. The molecule has 0 aromatic rings. The lowest BCUT2D eigenvalue weighted by Gasteiger charge is -2.38. The van der Waals surface area contributed by atoms with Gasteiger partial charge in [-0.2, -0.15) is 0 Å². The molecule has 0 heterocycles. The summed E-state index contributed by atoms with van der Waals surface area (Å²) in [6.45, 7) is 8.04. The van der Waals surface area contributed by atoms with Crippen molar-refractivity contribution < 1.29 is 4.79 Å². The van der Waals surface area contributed by atoms with Gasteiger partial charge in [-0.25, -0.2) is 0 Å². The summed E-state index contributed by atoms with van der Waals surface area (Å²) in [6, 6.07) is 0. The summed E-state index contributed by atoms with van der Waals surface area (Å²) < 4.78 is 0. The summed E-state index contributed by atoms with van der Waals surface area (Å²) in [5.41, 5.74) is -0.748. The molecule has 0 aliphatic heterocycles. The number of nitrogens with one attached hydrogen (secondary N) is 1. The van der Waals surface area contributed by atoms with Crippen molar-refractivity contribution in [2.75, 3.05) is 0 Å². The standard InChI is InChI=1S/C13H20ClNO/c1-5-11(16)13(15-12(2,3)4)8-6-7-10(14)9-13/h6-8,15H,5,9H2,1-4H3. The van der Waals surface area contributed by atoms with Crippen molar-refractivity contribution in [1.29, 1.82) is 0 Å². The maximum absolute atomic E-state index is 12.1. The van der Waals surface area contributed by atoms with Crippen molar-refractivity contribution in [1.82, 2.24) is 5.32 Å². The quantitative estimate of drug-likeness (QED) is 0.822. The van der Waals surface area contributed by atoms with Crippen molar-refractivity contribution in [3.8, 4) is 0 Å². The highest BCUT2D eigenvalue weighted by atomic mass is 35.5. The van der Waals surface area contributed by atoms with Gasteiger partial charge in [-0.05, 0) is 26.8 Å². The molecule has 1 unspecified atom stereocenters. The van der Waals surface area contributed by atoms with Crippen molar-refractivity contribution in [3.63, 3.8) is 0 Å². The van der Waals surface area contributed by atoms with E-state index in [2.05, 4.69) is 26.1 Å². The van der Waals surface area contributed by atoms with Crippen LogP contribution in [0.4, 0.5) is 0 Å². The topological polar surface area (TPSA) is 29.1 Å². The number of allylic oxidation sites excluding steroid dienone is 2. The van der Waals surface area contributed by atoms with Gasteiger partial charge >= 0.3 is 0 Å². The molecule has 0 bridgehead atoms.